The van der Waals surface area contributed by atoms with E-state index in [0.717, 1.165) is 12.8 Å². The lowest BCUT2D eigenvalue weighted by Gasteiger charge is -2.20. The molecule has 0 spiro atoms. The largest absolute Gasteiger partial charge is 0.366 e. The van der Waals surface area contributed by atoms with Gasteiger partial charge in [-0.1, -0.05) is 11.2 Å². The van der Waals surface area contributed by atoms with Crippen molar-refractivity contribution in [1.82, 2.24) is 15.5 Å². The zero-order valence-corrected chi connectivity index (χ0v) is 14.1. The van der Waals surface area contributed by atoms with Crippen LogP contribution in [0.25, 0.3) is 0 Å². The van der Waals surface area contributed by atoms with Crippen molar-refractivity contribution in [2.75, 3.05) is 6.54 Å². The van der Waals surface area contributed by atoms with Crippen molar-refractivity contribution < 1.29 is 14.1 Å². The van der Waals surface area contributed by atoms with Gasteiger partial charge in [0, 0.05) is 12.1 Å². The van der Waals surface area contributed by atoms with Gasteiger partial charge in [0.2, 0.25) is 5.89 Å². The van der Waals surface area contributed by atoms with Crippen LogP contribution in [0.4, 0.5) is 0 Å². The van der Waals surface area contributed by atoms with Gasteiger partial charge in [0.25, 0.3) is 5.91 Å². The van der Waals surface area contributed by atoms with Crippen molar-refractivity contribution in [3.63, 3.8) is 0 Å². The molecule has 6 heteroatoms. The number of carbonyl (C=O) groups excluding carboxylic acids is 1. The highest BCUT2D eigenvalue weighted by molar-refractivity contribution is 5.94. The normalized spacial score (nSPS) is 21.8. The number of amides is 1. The van der Waals surface area contributed by atoms with E-state index in [0.29, 0.717) is 23.8 Å². The molecule has 3 heterocycles. The Labute approximate surface area is 140 Å². The summed E-state index contributed by atoms with van der Waals surface area (Å²) in [6.07, 6.45) is 2.52. The predicted octanol–water partition coefficient (Wildman–Crippen LogP) is 2.99. The first-order chi connectivity index (χ1) is 11.4. The summed E-state index contributed by atoms with van der Waals surface area (Å²) in [6, 6.07) is 5.88. The van der Waals surface area contributed by atoms with E-state index in [-0.39, 0.29) is 18.1 Å². The van der Waals surface area contributed by atoms with E-state index >= 15 is 0 Å². The molecule has 0 saturated carbocycles. The first kappa shape index (κ1) is 15.3. The van der Waals surface area contributed by atoms with E-state index in [4.69, 9.17) is 9.26 Å². The second kappa shape index (κ2) is 5.41. The van der Waals surface area contributed by atoms with Crippen LogP contribution >= 0.6 is 0 Å². The van der Waals surface area contributed by atoms with E-state index in [1.807, 2.05) is 32.0 Å². The van der Waals surface area contributed by atoms with Crippen molar-refractivity contribution in [3.8, 4) is 0 Å². The van der Waals surface area contributed by atoms with Crippen molar-refractivity contribution in [2.45, 2.75) is 51.2 Å². The Morgan fingerprint density at radius 3 is 2.75 bits per heavy atom. The SMILES string of the molecule is Cc1noc(C(C)(C)CNC(=O)c2ccc3c(c2)C2CCC3O2)n1. The molecule has 1 saturated heterocycles. The Balaban J connectivity index is 1.46. The monoisotopic (exact) mass is 327 g/mol. The van der Waals surface area contributed by atoms with Crippen LogP contribution in [-0.2, 0) is 10.2 Å². The highest BCUT2D eigenvalue weighted by Crippen LogP contribution is 2.50. The third-order valence-corrected chi connectivity index (χ3v) is 4.86. The van der Waals surface area contributed by atoms with E-state index in [1.165, 1.54) is 11.1 Å². The maximum Gasteiger partial charge on any atom is 0.251 e. The van der Waals surface area contributed by atoms with Crippen LogP contribution in [0, 0.1) is 6.92 Å². The molecule has 4 rings (SSSR count). The van der Waals surface area contributed by atoms with Crippen molar-refractivity contribution >= 4 is 5.91 Å². The summed E-state index contributed by atoms with van der Waals surface area (Å²) in [5, 5.41) is 6.79. The van der Waals surface area contributed by atoms with Crippen LogP contribution in [-0.4, -0.2) is 22.6 Å². The van der Waals surface area contributed by atoms with Gasteiger partial charge >= 0.3 is 0 Å². The quantitative estimate of drug-likeness (QED) is 0.934. The van der Waals surface area contributed by atoms with Crippen LogP contribution < -0.4 is 5.32 Å². The second-order valence-corrected chi connectivity index (χ2v) is 7.25. The van der Waals surface area contributed by atoms with Crippen LogP contribution in [0.5, 0.6) is 0 Å². The molecular formula is C18H21N3O3. The standard InChI is InChI=1S/C18H21N3O3/c1-10-20-17(24-21-10)18(2,3)9-19-16(22)11-4-5-12-13(8-11)15-7-6-14(12)23-15/h4-5,8,14-15H,6-7,9H2,1-3H3,(H,19,22). The minimum absolute atomic E-state index is 0.0927. The smallest absolute Gasteiger partial charge is 0.251 e. The van der Waals surface area contributed by atoms with Crippen molar-refractivity contribution in [3.05, 3.63) is 46.6 Å². The molecule has 2 atom stereocenters. The van der Waals surface area contributed by atoms with Crippen LogP contribution in [0.3, 0.4) is 0 Å². The second-order valence-electron chi connectivity index (χ2n) is 7.25. The predicted molar refractivity (Wildman–Crippen MR) is 86.6 cm³/mol. The first-order valence-electron chi connectivity index (χ1n) is 8.32. The summed E-state index contributed by atoms with van der Waals surface area (Å²) >= 11 is 0. The van der Waals surface area contributed by atoms with Gasteiger partial charge < -0.3 is 14.6 Å². The molecule has 24 heavy (non-hydrogen) atoms. The number of hydrogen-bond donors (Lipinski definition) is 1. The summed E-state index contributed by atoms with van der Waals surface area (Å²) in [6.45, 7) is 6.14. The highest BCUT2D eigenvalue weighted by Gasteiger charge is 2.38. The van der Waals surface area contributed by atoms with Gasteiger partial charge in [0.15, 0.2) is 5.82 Å². The number of nitrogens with zero attached hydrogens (tertiary/aromatic N) is 2. The fourth-order valence-electron chi connectivity index (χ4n) is 3.43. The lowest BCUT2D eigenvalue weighted by Crippen LogP contribution is -2.37. The van der Waals surface area contributed by atoms with E-state index in [2.05, 4.69) is 15.5 Å². The number of aryl methyl sites for hydroxylation is 1. The van der Waals surface area contributed by atoms with Gasteiger partial charge in [0.1, 0.15) is 0 Å². The van der Waals surface area contributed by atoms with Crippen molar-refractivity contribution in [1.29, 1.82) is 0 Å². The minimum Gasteiger partial charge on any atom is -0.366 e. The average Bonchev–Trinajstić information content (AvgIpc) is 3.28. The molecule has 2 aliphatic heterocycles. The van der Waals surface area contributed by atoms with Gasteiger partial charge in [-0.15, -0.1) is 0 Å². The Hall–Kier alpha value is -2.21. The average molecular weight is 327 g/mol. The third-order valence-electron chi connectivity index (χ3n) is 4.86. The zero-order chi connectivity index (χ0) is 16.9. The van der Waals surface area contributed by atoms with Crippen LogP contribution in [0.15, 0.2) is 22.7 Å². The molecule has 0 radical (unpaired) electrons. The molecule has 2 bridgehead atoms. The van der Waals surface area contributed by atoms with Crippen molar-refractivity contribution in [2.24, 2.45) is 0 Å². The summed E-state index contributed by atoms with van der Waals surface area (Å²) in [5.41, 5.74) is 2.66. The number of hydrogen-bond acceptors (Lipinski definition) is 5. The summed E-state index contributed by atoms with van der Waals surface area (Å²) in [5.74, 6) is 1.03. The van der Waals surface area contributed by atoms with Gasteiger partial charge in [0.05, 0.1) is 17.6 Å². The van der Waals surface area contributed by atoms with E-state index in [1.54, 1.807) is 6.92 Å². The molecule has 1 aromatic heterocycles. The van der Waals surface area contributed by atoms with E-state index in [9.17, 15) is 4.79 Å². The van der Waals surface area contributed by atoms with Gasteiger partial charge in [-0.3, -0.25) is 4.79 Å². The molecular weight excluding hydrogens is 306 g/mol. The topological polar surface area (TPSA) is 77.2 Å². The summed E-state index contributed by atoms with van der Waals surface area (Å²) in [7, 11) is 0. The van der Waals surface area contributed by atoms with Gasteiger partial charge in [-0.2, -0.15) is 4.98 Å². The fourth-order valence-corrected chi connectivity index (χ4v) is 3.43. The first-order valence-corrected chi connectivity index (χ1v) is 8.32. The maximum absolute atomic E-state index is 12.5. The molecule has 2 unspecified atom stereocenters. The lowest BCUT2D eigenvalue weighted by molar-refractivity contribution is 0.0716. The summed E-state index contributed by atoms with van der Waals surface area (Å²) < 4.78 is 11.1. The Kier molecular flexibility index (Phi) is 3.46. The Morgan fingerprint density at radius 1 is 1.29 bits per heavy atom. The number of ether oxygens (including phenoxy) is 1. The lowest BCUT2D eigenvalue weighted by atomic mass is 9.90. The molecule has 0 aliphatic carbocycles. The molecule has 2 aromatic rings. The third kappa shape index (κ3) is 2.51. The number of fused-ring (bicyclic) bond motifs is 5. The maximum atomic E-state index is 12.5. The molecule has 1 N–H and O–H groups in total. The molecule has 1 fully saturated rings. The number of benzene rings is 1. The number of nitrogens with one attached hydrogen (secondary N) is 1. The van der Waals surface area contributed by atoms with Gasteiger partial charge in [-0.05, 0) is 56.9 Å². The van der Waals surface area contributed by atoms with Crippen LogP contribution in [0.1, 0.15) is 72.1 Å². The molecule has 126 valence electrons. The van der Waals surface area contributed by atoms with E-state index < -0.39 is 5.41 Å². The minimum atomic E-state index is -0.421. The molecule has 1 amide bonds. The van der Waals surface area contributed by atoms with Gasteiger partial charge in [-0.25, -0.2) is 0 Å². The number of rotatable bonds is 4. The molecule has 2 aliphatic rings. The molecule has 6 nitrogen and oxygen atoms in total. The zero-order valence-electron chi connectivity index (χ0n) is 14.1. The number of aromatic nitrogens is 2. The highest BCUT2D eigenvalue weighted by atomic mass is 16.5. The fraction of sp³-hybridized carbons (Fsp3) is 0.500. The number of carbonyl (C=O) groups is 1. The summed E-state index contributed by atoms with van der Waals surface area (Å²) in [4.78, 5) is 16.8. The Bertz CT molecular complexity index is 797. The molecule has 1 aromatic carbocycles. The Morgan fingerprint density at radius 2 is 2.04 bits per heavy atom. The van der Waals surface area contributed by atoms with Crippen LogP contribution in [0.2, 0.25) is 0 Å².